The minimum absolute atomic E-state index is 0.141. The number of nitrogens with one attached hydrogen (secondary N) is 1. The predicted molar refractivity (Wildman–Crippen MR) is 113 cm³/mol. The number of carbonyl (C=O) groups excluding carboxylic acids is 1. The van der Waals surface area contributed by atoms with E-state index in [1.807, 2.05) is 84.2 Å². The number of rotatable bonds is 6. The van der Waals surface area contributed by atoms with Gasteiger partial charge in [-0.2, -0.15) is 0 Å². The topological polar surface area (TPSA) is 51.2 Å². The first-order chi connectivity index (χ1) is 13.8. The number of thiazole rings is 1. The highest BCUT2D eigenvalue weighted by atomic mass is 32.1. The molecular formula is C23H18N2O2S. The molecule has 138 valence electrons. The minimum Gasteiger partial charge on any atom is -0.455 e. The summed E-state index contributed by atoms with van der Waals surface area (Å²) in [5.74, 6) is -0.381. The molecule has 0 amide bonds. The van der Waals surface area contributed by atoms with E-state index in [4.69, 9.17) is 4.74 Å². The van der Waals surface area contributed by atoms with Gasteiger partial charge in [0.1, 0.15) is 11.6 Å². The monoisotopic (exact) mass is 386 g/mol. The van der Waals surface area contributed by atoms with Gasteiger partial charge in [-0.1, -0.05) is 60.7 Å². The molecule has 0 radical (unpaired) electrons. The van der Waals surface area contributed by atoms with Crippen molar-refractivity contribution in [3.05, 3.63) is 102 Å². The van der Waals surface area contributed by atoms with Gasteiger partial charge in [0.05, 0.1) is 16.9 Å². The molecule has 0 spiro atoms. The molecule has 4 rings (SSSR count). The van der Waals surface area contributed by atoms with Crippen LogP contribution in [-0.4, -0.2) is 11.0 Å². The molecule has 0 bridgehead atoms. The third-order valence-electron chi connectivity index (χ3n) is 4.12. The molecule has 4 nitrogen and oxygen atoms in total. The van der Waals surface area contributed by atoms with E-state index < -0.39 is 0 Å². The van der Waals surface area contributed by atoms with E-state index in [-0.39, 0.29) is 12.6 Å². The van der Waals surface area contributed by atoms with Crippen LogP contribution in [0.3, 0.4) is 0 Å². The lowest BCUT2D eigenvalue weighted by Gasteiger charge is -2.11. The van der Waals surface area contributed by atoms with Crippen LogP contribution in [0.15, 0.2) is 90.3 Å². The molecule has 28 heavy (non-hydrogen) atoms. The number of benzene rings is 3. The standard InChI is InChI=1S/C23H18N2O2S/c26-23(20-13-7-8-14-21(20)24-18-11-5-2-6-12-18)27-15-19-16-28-22(25-19)17-9-3-1-4-10-17/h1-14,16,24H,15H2. The molecule has 4 aromatic rings. The molecule has 0 aliphatic carbocycles. The number of para-hydroxylation sites is 2. The lowest BCUT2D eigenvalue weighted by molar-refractivity contribution is 0.0469. The van der Waals surface area contributed by atoms with Crippen LogP contribution in [0.5, 0.6) is 0 Å². The number of hydrogen-bond donors (Lipinski definition) is 1. The normalized spacial score (nSPS) is 10.4. The van der Waals surface area contributed by atoms with E-state index in [2.05, 4.69) is 10.3 Å². The Balaban J connectivity index is 1.44. The third kappa shape index (κ3) is 4.27. The fourth-order valence-corrected chi connectivity index (χ4v) is 3.56. The van der Waals surface area contributed by atoms with Gasteiger partial charge in [-0.3, -0.25) is 0 Å². The zero-order valence-electron chi connectivity index (χ0n) is 15.0. The first-order valence-electron chi connectivity index (χ1n) is 8.87. The second-order valence-electron chi connectivity index (χ2n) is 6.12. The molecule has 0 atom stereocenters. The van der Waals surface area contributed by atoms with Crippen molar-refractivity contribution < 1.29 is 9.53 Å². The Kier molecular flexibility index (Phi) is 5.45. The Bertz CT molecular complexity index is 1060. The summed E-state index contributed by atoms with van der Waals surface area (Å²) in [6, 6.07) is 27.0. The summed E-state index contributed by atoms with van der Waals surface area (Å²) in [5.41, 5.74) is 3.91. The van der Waals surface area contributed by atoms with E-state index in [1.54, 1.807) is 17.4 Å². The summed E-state index contributed by atoms with van der Waals surface area (Å²) in [6.07, 6.45) is 0. The van der Waals surface area contributed by atoms with Crippen molar-refractivity contribution in [2.75, 3.05) is 5.32 Å². The summed E-state index contributed by atoms with van der Waals surface area (Å²) in [4.78, 5) is 17.2. The van der Waals surface area contributed by atoms with E-state index in [9.17, 15) is 4.79 Å². The Morgan fingerprint density at radius 3 is 2.36 bits per heavy atom. The van der Waals surface area contributed by atoms with E-state index in [0.29, 0.717) is 11.3 Å². The maximum absolute atomic E-state index is 12.6. The fourth-order valence-electron chi connectivity index (χ4n) is 2.75. The molecule has 0 saturated carbocycles. The smallest absolute Gasteiger partial charge is 0.340 e. The predicted octanol–water partition coefficient (Wildman–Crippen LogP) is 5.91. The van der Waals surface area contributed by atoms with Crippen LogP contribution in [0.4, 0.5) is 11.4 Å². The largest absolute Gasteiger partial charge is 0.455 e. The number of ether oxygens (including phenoxy) is 1. The van der Waals surface area contributed by atoms with Crippen LogP contribution >= 0.6 is 11.3 Å². The average molecular weight is 386 g/mol. The summed E-state index contributed by atoms with van der Waals surface area (Å²) >= 11 is 1.54. The van der Waals surface area contributed by atoms with Gasteiger partial charge in [0.2, 0.25) is 0 Å². The van der Waals surface area contributed by atoms with Crippen LogP contribution in [0.2, 0.25) is 0 Å². The Hall–Kier alpha value is -3.44. The van der Waals surface area contributed by atoms with Gasteiger partial charge in [0.15, 0.2) is 0 Å². The number of nitrogens with zero attached hydrogens (tertiary/aromatic N) is 1. The first kappa shape index (κ1) is 17.9. The van der Waals surface area contributed by atoms with Crippen molar-refractivity contribution in [3.63, 3.8) is 0 Å². The summed E-state index contributed by atoms with van der Waals surface area (Å²) in [5, 5.41) is 6.10. The Labute approximate surface area is 167 Å². The SMILES string of the molecule is O=C(OCc1csc(-c2ccccc2)n1)c1ccccc1Nc1ccccc1. The molecule has 0 fully saturated rings. The number of aromatic nitrogens is 1. The maximum Gasteiger partial charge on any atom is 0.340 e. The van der Waals surface area contributed by atoms with Gasteiger partial charge in [-0.25, -0.2) is 9.78 Å². The van der Waals surface area contributed by atoms with Gasteiger partial charge in [-0.05, 0) is 24.3 Å². The number of hydrogen-bond acceptors (Lipinski definition) is 5. The molecule has 1 N–H and O–H groups in total. The van der Waals surface area contributed by atoms with Crippen LogP contribution in [0, 0.1) is 0 Å². The van der Waals surface area contributed by atoms with Gasteiger partial charge < -0.3 is 10.1 Å². The zero-order valence-corrected chi connectivity index (χ0v) is 15.9. The van der Waals surface area contributed by atoms with Crippen molar-refractivity contribution in [3.8, 4) is 10.6 Å². The molecule has 0 aliphatic rings. The molecule has 1 heterocycles. The van der Waals surface area contributed by atoms with E-state index >= 15 is 0 Å². The Morgan fingerprint density at radius 1 is 0.893 bits per heavy atom. The highest BCUT2D eigenvalue weighted by Gasteiger charge is 2.14. The van der Waals surface area contributed by atoms with Crippen molar-refractivity contribution in [2.24, 2.45) is 0 Å². The van der Waals surface area contributed by atoms with Gasteiger partial charge in [0, 0.05) is 16.6 Å². The van der Waals surface area contributed by atoms with Gasteiger partial charge >= 0.3 is 5.97 Å². The number of anilines is 2. The molecular weight excluding hydrogens is 368 g/mol. The molecule has 5 heteroatoms. The minimum atomic E-state index is -0.381. The lowest BCUT2D eigenvalue weighted by atomic mass is 10.1. The van der Waals surface area contributed by atoms with E-state index in [0.717, 1.165) is 22.0 Å². The average Bonchev–Trinajstić information content (AvgIpc) is 3.23. The van der Waals surface area contributed by atoms with Crippen molar-refractivity contribution in [2.45, 2.75) is 6.61 Å². The molecule has 3 aromatic carbocycles. The first-order valence-corrected chi connectivity index (χ1v) is 9.75. The summed E-state index contributed by atoms with van der Waals surface area (Å²) in [7, 11) is 0. The molecule has 1 aromatic heterocycles. The van der Waals surface area contributed by atoms with Crippen LogP contribution in [0.1, 0.15) is 16.1 Å². The number of carbonyl (C=O) groups is 1. The van der Waals surface area contributed by atoms with Gasteiger partial charge in [-0.15, -0.1) is 11.3 Å². The lowest BCUT2D eigenvalue weighted by Crippen LogP contribution is -2.08. The summed E-state index contributed by atoms with van der Waals surface area (Å²) in [6.45, 7) is 0.141. The van der Waals surface area contributed by atoms with E-state index in [1.165, 1.54) is 0 Å². The molecule has 0 saturated heterocycles. The van der Waals surface area contributed by atoms with Gasteiger partial charge in [0.25, 0.3) is 0 Å². The second kappa shape index (κ2) is 8.50. The van der Waals surface area contributed by atoms with Crippen molar-refractivity contribution in [1.82, 2.24) is 4.98 Å². The highest BCUT2D eigenvalue weighted by Crippen LogP contribution is 2.25. The quantitative estimate of drug-likeness (QED) is 0.419. The van der Waals surface area contributed by atoms with Crippen molar-refractivity contribution in [1.29, 1.82) is 0 Å². The second-order valence-corrected chi connectivity index (χ2v) is 6.98. The van der Waals surface area contributed by atoms with Crippen LogP contribution < -0.4 is 5.32 Å². The fraction of sp³-hybridized carbons (Fsp3) is 0.0435. The molecule has 0 aliphatic heterocycles. The van der Waals surface area contributed by atoms with Crippen LogP contribution in [0.25, 0.3) is 10.6 Å². The molecule has 0 unspecified atom stereocenters. The van der Waals surface area contributed by atoms with Crippen molar-refractivity contribution >= 4 is 28.7 Å². The Morgan fingerprint density at radius 2 is 1.57 bits per heavy atom. The zero-order chi connectivity index (χ0) is 19.2. The highest BCUT2D eigenvalue weighted by molar-refractivity contribution is 7.13. The van der Waals surface area contributed by atoms with Crippen LogP contribution in [-0.2, 0) is 11.3 Å². The maximum atomic E-state index is 12.6. The third-order valence-corrected chi connectivity index (χ3v) is 5.06. The summed E-state index contributed by atoms with van der Waals surface area (Å²) < 4.78 is 5.51. The number of esters is 1.